The molecule has 3 N–H and O–H groups in total. The van der Waals surface area contributed by atoms with Gasteiger partial charge in [-0.2, -0.15) is 0 Å². The number of nitrogens with two attached hydrogens (primary N) is 1. The van der Waals surface area contributed by atoms with Crippen LogP contribution < -0.4 is 11.1 Å². The quantitative estimate of drug-likeness (QED) is 0.639. The number of hydrogen-bond acceptors (Lipinski definition) is 4. The molecule has 110 valence electrons. The van der Waals surface area contributed by atoms with Gasteiger partial charge < -0.3 is 11.1 Å². The Kier molecular flexibility index (Phi) is 5.47. The van der Waals surface area contributed by atoms with E-state index in [9.17, 15) is 14.9 Å². The molecule has 0 spiro atoms. The number of amides is 1. The third kappa shape index (κ3) is 3.68. The van der Waals surface area contributed by atoms with Crippen LogP contribution in [0.3, 0.4) is 0 Å². The molecule has 0 aromatic heterocycles. The zero-order valence-corrected chi connectivity index (χ0v) is 12.0. The zero-order chi connectivity index (χ0) is 14.0. The topological polar surface area (TPSA) is 98.3 Å². The van der Waals surface area contributed by atoms with Gasteiger partial charge >= 0.3 is 0 Å². The van der Waals surface area contributed by atoms with Crippen molar-refractivity contribution in [3.8, 4) is 0 Å². The van der Waals surface area contributed by atoms with Gasteiger partial charge in [0.2, 0.25) is 0 Å². The van der Waals surface area contributed by atoms with Crippen molar-refractivity contribution in [2.24, 2.45) is 11.7 Å². The fourth-order valence-corrected chi connectivity index (χ4v) is 2.07. The van der Waals surface area contributed by atoms with Crippen molar-refractivity contribution in [2.75, 3.05) is 6.54 Å². The minimum Gasteiger partial charge on any atom is -0.348 e. The average Bonchev–Trinajstić information content (AvgIpc) is 3.20. The Morgan fingerprint density at radius 1 is 1.55 bits per heavy atom. The summed E-state index contributed by atoms with van der Waals surface area (Å²) in [5.74, 6) is 0.153. The van der Waals surface area contributed by atoms with Crippen molar-refractivity contribution < 1.29 is 9.72 Å². The van der Waals surface area contributed by atoms with Crippen LogP contribution in [0.25, 0.3) is 0 Å². The maximum atomic E-state index is 12.0. The van der Waals surface area contributed by atoms with Crippen LogP contribution in [0.1, 0.15) is 28.8 Å². The van der Waals surface area contributed by atoms with Crippen LogP contribution in [0.15, 0.2) is 18.2 Å². The molecule has 1 fully saturated rings. The van der Waals surface area contributed by atoms with Crippen molar-refractivity contribution in [3.63, 3.8) is 0 Å². The molecule has 1 atom stereocenters. The van der Waals surface area contributed by atoms with Crippen LogP contribution in [-0.4, -0.2) is 23.4 Å². The Hall–Kier alpha value is -1.66. The lowest BCUT2D eigenvalue weighted by Crippen LogP contribution is -2.41. The number of nitro benzene ring substituents is 1. The monoisotopic (exact) mass is 299 g/mol. The molecule has 1 aromatic carbocycles. The Balaban J connectivity index is 0.00000200. The number of aryl methyl sites for hydroxylation is 1. The van der Waals surface area contributed by atoms with E-state index in [4.69, 9.17) is 5.73 Å². The van der Waals surface area contributed by atoms with Crippen molar-refractivity contribution in [3.05, 3.63) is 39.4 Å². The summed E-state index contributed by atoms with van der Waals surface area (Å²) < 4.78 is 0. The van der Waals surface area contributed by atoms with Crippen LogP contribution in [0.2, 0.25) is 0 Å². The number of benzene rings is 1. The van der Waals surface area contributed by atoms with E-state index >= 15 is 0 Å². The van der Waals surface area contributed by atoms with Crippen molar-refractivity contribution >= 4 is 24.0 Å². The fraction of sp³-hybridized carbons (Fsp3) is 0.462. The van der Waals surface area contributed by atoms with Crippen LogP contribution in [0.5, 0.6) is 0 Å². The van der Waals surface area contributed by atoms with Gasteiger partial charge in [-0.3, -0.25) is 14.9 Å². The number of carbonyl (C=O) groups excluding carboxylic acids is 1. The van der Waals surface area contributed by atoms with Gasteiger partial charge in [-0.15, -0.1) is 12.4 Å². The molecule has 1 aromatic rings. The molecular weight excluding hydrogens is 282 g/mol. The highest BCUT2D eigenvalue weighted by molar-refractivity contribution is 5.95. The van der Waals surface area contributed by atoms with E-state index in [-0.39, 0.29) is 30.0 Å². The minimum atomic E-state index is -0.479. The van der Waals surface area contributed by atoms with Gasteiger partial charge in [0.25, 0.3) is 11.6 Å². The number of carbonyl (C=O) groups is 1. The summed E-state index contributed by atoms with van der Waals surface area (Å²) >= 11 is 0. The lowest BCUT2D eigenvalue weighted by Gasteiger charge is -2.16. The van der Waals surface area contributed by atoms with Gasteiger partial charge in [-0.05, 0) is 31.7 Å². The first kappa shape index (κ1) is 16.4. The molecule has 0 heterocycles. The SMILES string of the molecule is Cc1ccc(C(=O)NC(CN)C2CC2)cc1[N+](=O)[O-].Cl. The lowest BCUT2D eigenvalue weighted by atomic mass is 10.1. The molecule has 1 aliphatic rings. The van der Waals surface area contributed by atoms with Gasteiger partial charge in [-0.1, -0.05) is 6.07 Å². The van der Waals surface area contributed by atoms with E-state index in [0.717, 1.165) is 12.8 Å². The first-order valence-corrected chi connectivity index (χ1v) is 6.29. The number of rotatable bonds is 5. The molecule has 0 radical (unpaired) electrons. The van der Waals surface area contributed by atoms with Gasteiger partial charge in [0.05, 0.1) is 4.92 Å². The van der Waals surface area contributed by atoms with E-state index in [0.29, 0.717) is 23.6 Å². The maximum Gasteiger partial charge on any atom is 0.273 e. The summed E-state index contributed by atoms with van der Waals surface area (Å²) in [5, 5.41) is 13.7. The van der Waals surface area contributed by atoms with E-state index < -0.39 is 4.92 Å². The summed E-state index contributed by atoms with van der Waals surface area (Å²) in [6.07, 6.45) is 2.16. The zero-order valence-electron chi connectivity index (χ0n) is 11.2. The number of halogens is 1. The Morgan fingerprint density at radius 2 is 2.20 bits per heavy atom. The second-order valence-corrected chi connectivity index (χ2v) is 4.91. The fourth-order valence-electron chi connectivity index (χ4n) is 2.07. The molecule has 2 rings (SSSR count). The predicted molar refractivity (Wildman–Crippen MR) is 78.1 cm³/mol. The highest BCUT2D eigenvalue weighted by atomic mass is 35.5. The Morgan fingerprint density at radius 3 is 2.70 bits per heavy atom. The van der Waals surface area contributed by atoms with Gasteiger partial charge in [0.15, 0.2) is 0 Å². The van der Waals surface area contributed by atoms with Gasteiger partial charge in [0.1, 0.15) is 0 Å². The first-order chi connectivity index (χ1) is 9.02. The number of nitrogens with one attached hydrogen (secondary N) is 1. The van der Waals surface area contributed by atoms with E-state index in [2.05, 4.69) is 5.32 Å². The average molecular weight is 300 g/mol. The molecule has 1 unspecified atom stereocenters. The third-order valence-electron chi connectivity index (χ3n) is 3.43. The molecule has 0 saturated heterocycles. The minimum absolute atomic E-state index is 0. The van der Waals surface area contributed by atoms with Crippen LogP contribution in [-0.2, 0) is 0 Å². The van der Waals surface area contributed by atoms with Gasteiger partial charge in [-0.25, -0.2) is 0 Å². The molecule has 7 heteroatoms. The number of nitro groups is 1. The summed E-state index contributed by atoms with van der Waals surface area (Å²) in [6.45, 7) is 2.04. The summed E-state index contributed by atoms with van der Waals surface area (Å²) in [7, 11) is 0. The standard InChI is InChI=1S/C13H17N3O3.ClH/c1-8-2-3-10(6-12(8)16(18)19)13(17)15-11(7-14)9-4-5-9;/h2-3,6,9,11H,4-5,7,14H2,1H3,(H,15,17);1H. The smallest absolute Gasteiger partial charge is 0.273 e. The molecule has 0 aliphatic heterocycles. The maximum absolute atomic E-state index is 12.0. The lowest BCUT2D eigenvalue weighted by molar-refractivity contribution is -0.385. The van der Waals surface area contributed by atoms with Crippen LogP contribution >= 0.6 is 12.4 Å². The predicted octanol–water partition coefficient (Wildman–Crippen LogP) is 1.79. The highest BCUT2D eigenvalue weighted by Crippen LogP contribution is 2.32. The summed E-state index contributed by atoms with van der Waals surface area (Å²) in [6, 6.07) is 4.46. The first-order valence-electron chi connectivity index (χ1n) is 6.29. The van der Waals surface area contributed by atoms with E-state index in [1.807, 2.05) is 0 Å². The normalized spacial score (nSPS) is 15.1. The van der Waals surface area contributed by atoms with Crippen LogP contribution in [0, 0.1) is 23.0 Å². The molecule has 0 bridgehead atoms. The Labute approximate surface area is 123 Å². The second-order valence-electron chi connectivity index (χ2n) is 4.91. The van der Waals surface area contributed by atoms with Crippen molar-refractivity contribution in [1.29, 1.82) is 0 Å². The third-order valence-corrected chi connectivity index (χ3v) is 3.43. The Bertz CT molecular complexity index is 518. The number of hydrogen-bond donors (Lipinski definition) is 2. The molecular formula is C13H18ClN3O3. The largest absolute Gasteiger partial charge is 0.348 e. The van der Waals surface area contributed by atoms with Gasteiger partial charge in [0, 0.05) is 29.8 Å². The van der Waals surface area contributed by atoms with Crippen LogP contribution in [0.4, 0.5) is 5.69 Å². The molecule has 1 aliphatic carbocycles. The second kappa shape index (κ2) is 6.67. The summed E-state index contributed by atoms with van der Waals surface area (Å²) in [5.41, 5.74) is 6.42. The molecule has 6 nitrogen and oxygen atoms in total. The van der Waals surface area contributed by atoms with E-state index in [1.165, 1.54) is 6.07 Å². The highest BCUT2D eigenvalue weighted by Gasteiger charge is 2.31. The molecule has 1 saturated carbocycles. The summed E-state index contributed by atoms with van der Waals surface area (Å²) in [4.78, 5) is 22.4. The van der Waals surface area contributed by atoms with Crippen molar-refractivity contribution in [2.45, 2.75) is 25.8 Å². The molecule has 1 amide bonds. The van der Waals surface area contributed by atoms with Crippen molar-refractivity contribution in [1.82, 2.24) is 5.32 Å². The molecule has 20 heavy (non-hydrogen) atoms. The number of nitrogens with zero attached hydrogens (tertiary/aromatic N) is 1. The van der Waals surface area contributed by atoms with E-state index in [1.54, 1.807) is 19.1 Å².